The van der Waals surface area contributed by atoms with E-state index in [0.29, 0.717) is 11.9 Å². The predicted octanol–water partition coefficient (Wildman–Crippen LogP) is 0.982. The number of aryl methyl sites for hydroxylation is 1. The molecule has 2 N–H and O–H groups in total. The third-order valence-electron chi connectivity index (χ3n) is 4.05. The topological polar surface area (TPSA) is 90.7 Å². The predicted molar refractivity (Wildman–Crippen MR) is 82.7 cm³/mol. The van der Waals surface area contributed by atoms with Gasteiger partial charge in [0.1, 0.15) is 12.2 Å². The highest BCUT2D eigenvalue weighted by Crippen LogP contribution is 2.31. The first kappa shape index (κ1) is 15.0. The Labute approximate surface area is 130 Å². The molecule has 1 saturated heterocycles. The lowest BCUT2D eigenvalue weighted by molar-refractivity contribution is 0.227. The first-order valence-corrected chi connectivity index (χ1v) is 7.81. The van der Waals surface area contributed by atoms with Gasteiger partial charge in [-0.2, -0.15) is 15.2 Å². The van der Waals surface area contributed by atoms with Crippen LogP contribution < -0.4 is 5.73 Å². The van der Waals surface area contributed by atoms with Crippen LogP contribution in [0.25, 0.3) is 0 Å². The fourth-order valence-corrected chi connectivity index (χ4v) is 2.96. The third-order valence-corrected chi connectivity index (χ3v) is 4.05. The molecule has 0 aliphatic carbocycles. The van der Waals surface area contributed by atoms with Gasteiger partial charge in [0.05, 0.1) is 12.6 Å². The van der Waals surface area contributed by atoms with E-state index >= 15 is 0 Å². The van der Waals surface area contributed by atoms with E-state index in [4.69, 9.17) is 5.73 Å². The van der Waals surface area contributed by atoms with Gasteiger partial charge in [-0.25, -0.2) is 14.3 Å². The standard InChI is InChI=1S/C14H24N8/c1-10(2)7-22-12(16-9-17-22)8-21-6-4-5-11(21)13-18-14(15)20(3)19-13/h9-11H,4-8H2,1-3H3,(H2,15,18,19). The van der Waals surface area contributed by atoms with E-state index in [0.717, 1.165) is 44.1 Å². The summed E-state index contributed by atoms with van der Waals surface area (Å²) < 4.78 is 3.63. The highest BCUT2D eigenvalue weighted by molar-refractivity contribution is 5.17. The smallest absolute Gasteiger partial charge is 0.218 e. The largest absolute Gasteiger partial charge is 0.368 e. The van der Waals surface area contributed by atoms with Crippen LogP contribution in [-0.4, -0.2) is 41.0 Å². The number of likely N-dealkylation sites (tertiary alicyclic amines) is 1. The summed E-state index contributed by atoms with van der Waals surface area (Å²) in [5.74, 6) is 2.83. The first-order valence-electron chi connectivity index (χ1n) is 7.81. The minimum Gasteiger partial charge on any atom is -0.368 e. The van der Waals surface area contributed by atoms with Crippen molar-refractivity contribution in [1.82, 2.24) is 34.4 Å². The van der Waals surface area contributed by atoms with Gasteiger partial charge in [0.15, 0.2) is 5.82 Å². The van der Waals surface area contributed by atoms with E-state index in [1.807, 2.05) is 11.7 Å². The van der Waals surface area contributed by atoms with Crippen molar-refractivity contribution >= 4 is 5.95 Å². The van der Waals surface area contributed by atoms with Crippen molar-refractivity contribution < 1.29 is 0 Å². The SMILES string of the molecule is CC(C)Cn1ncnc1CN1CCCC1c1nc(N)n(C)n1. The highest BCUT2D eigenvalue weighted by Gasteiger charge is 2.30. The fraction of sp³-hybridized carbons (Fsp3) is 0.714. The van der Waals surface area contributed by atoms with E-state index in [9.17, 15) is 0 Å². The van der Waals surface area contributed by atoms with Gasteiger partial charge in [0.2, 0.25) is 5.95 Å². The summed E-state index contributed by atoms with van der Waals surface area (Å²) in [6.45, 7) is 7.06. The van der Waals surface area contributed by atoms with E-state index in [1.54, 1.807) is 11.0 Å². The number of anilines is 1. The zero-order valence-electron chi connectivity index (χ0n) is 13.5. The van der Waals surface area contributed by atoms with Crippen molar-refractivity contribution in [3.8, 4) is 0 Å². The fourth-order valence-electron chi connectivity index (χ4n) is 2.96. The summed E-state index contributed by atoms with van der Waals surface area (Å²) in [7, 11) is 1.82. The van der Waals surface area contributed by atoms with Crippen molar-refractivity contribution in [2.24, 2.45) is 13.0 Å². The molecule has 8 heteroatoms. The Balaban J connectivity index is 1.75. The van der Waals surface area contributed by atoms with E-state index < -0.39 is 0 Å². The molecule has 0 amide bonds. The van der Waals surface area contributed by atoms with Gasteiger partial charge in [-0.15, -0.1) is 0 Å². The molecule has 2 aromatic rings. The number of nitrogen functional groups attached to an aromatic ring is 1. The molecule has 0 bridgehead atoms. The maximum atomic E-state index is 5.81. The molecule has 120 valence electrons. The van der Waals surface area contributed by atoms with E-state index in [-0.39, 0.29) is 6.04 Å². The van der Waals surface area contributed by atoms with Gasteiger partial charge in [-0.05, 0) is 25.3 Å². The molecule has 1 atom stereocenters. The monoisotopic (exact) mass is 304 g/mol. The minimum atomic E-state index is 0.215. The Bertz CT molecular complexity index is 609. The van der Waals surface area contributed by atoms with E-state index in [1.165, 1.54) is 0 Å². The second-order valence-corrected chi connectivity index (χ2v) is 6.33. The highest BCUT2D eigenvalue weighted by atomic mass is 15.4. The summed E-state index contributed by atoms with van der Waals surface area (Å²) >= 11 is 0. The quantitative estimate of drug-likeness (QED) is 0.885. The molecule has 8 nitrogen and oxygen atoms in total. The molecule has 0 radical (unpaired) electrons. The molecule has 0 saturated carbocycles. The van der Waals surface area contributed by atoms with Crippen molar-refractivity contribution in [2.75, 3.05) is 12.3 Å². The number of hydrogen-bond donors (Lipinski definition) is 1. The number of aromatic nitrogens is 6. The van der Waals surface area contributed by atoms with Gasteiger partial charge < -0.3 is 5.73 Å². The Morgan fingerprint density at radius 1 is 1.41 bits per heavy atom. The van der Waals surface area contributed by atoms with Gasteiger partial charge in [0.25, 0.3) is 0 Å². The molecule has 1 fully saturated rings. The lowest BCUT2D eigenvalue weighted by atomic mass is 10.2. The maximum Gasteiger partial charge on any atom is 0.218 e. The Kier molecular flexibility index (Phi) is 4.10. The molecule has 3 heterocycles. The minimum absolute atomic E-state index is 0.215. The first-order chi connectivity index (χ1) is 10.5. The van der Waals surface area contributed by atoms with Crippen molar-refractivity contribution in [3.05, 3.63) is 18.0 Å². The molecule has 22 heavy (non-hydrogen) atoms. The molecule has 1 aliphatic rings. The molecule has 0 spiro atoms. The van der Waals surface area contributed by atoms with Crippen LogP contribution in [0, 0.1) is 5.92 Å². The lowest BCUT2D eigenvalue weighted by Crippen LogP contribution is -2.26. The average Bonchev–Trinajstić information content (AvgIpc) is 3.14. The van der Waals surface area contributed by atoms with Crippen LogP contribution in [0.15, 0.2) is 6.33 Å². The number of nitrogens with zero attached hydrogens (tertiary/aromatic N) is 7. The van der Waals surface area contributed by atoms with Gasteiger partial charge in [0, 0.05) is 13.6 Å². The molecular weight excluding hydrogens is 280 g/mol. The molecular formula is C14H24N8. The summed E-state index contributed by atoms with van der Waals surface area (Å²) in [5.41, 5.74) is 5.81. The molecule has 1 aliphatic heterocycles. The van der Waals surface area contributed by atoms with E-state index in [2.05, 4.69) is 38.9 Å². The zero-order chi connectivity index (χ0) is 15.7. The lowest BCUT2D eigenvalue weighted by Gasteiger charge is -2.22. The number of nitrogens with two attached hydrogens (primary N) is 1. The van der Waals surface area contributed by atoms with Gasteiger partial charge in [-0.1, -0.05) is 13.8 Å². The van der Waals surface area contributed by atoms with Crippen LogP contribution in [0.4, 0.5) is 5.95 Å². The second kappa shape index (κ2) is 6.04. The van der Waals surface area contributed by atoms with Crippen molar-refractivity contribution in [2.45, 2.75) is 45.8 Å². The van der Waals surface area contributed by atoms with Crippen LogP contribution in [0.5, 0.6) is 0 Å². The van der Waals surface area contributed by atoms with Crippen LogP contribution in [0.1, 0.15) is 44.4 Å². The average molecular weight is 304 g/mol. The zero-order valence-corrected chi connectivity index (χ0v) is 13.5. The Hall–Kier alpha value is -1.96. The Morgan fingerprint density at radius 3 is 2.91 bits per heavy atom. The van der Waals surface area contributed by atoms with Gasteiger partial charge in [-0.3, -0.25) is 4.90 Å². The molecule has 3 rings (SSSR count). The second-order valence-electron chi connectivity index (χ2n) is 6.33. The normalized spacial score (nSPS) is 19.4. The number of hydrogen-bond acceptors (Lipinski definition) is 6. The van der Waals surface area contributed by atoms with Crippen LogP contribution in [0.3, 0.4) is 0 Å². The Morgan fingerprint density at radius 2 is 2.23 bits per heavy atom. The molecule has 1 unspecified atom stereocenters. The third kappa shape index (κ3) is 2.96. The summed E-state index contributed by atoms with van der Waals surface area (Å²) in [6.07, 6.45) is 3.84. The molecule has 2 aromatic heterocycles. The number of rotatable bonds is 5. The molecule has 0 aromatic carbocycles. The van der Waals surface area contributed by atoms with Crippen LogP contribution in [-0.2, 0) is 20.1 Å². The van der Waals surface area contributed by atoms with Gasteiger partial charge >= 0.3 is 0 Å². The summed E-state index contributed by atoms with van der Waals surface area (Å²) in [6, 6.07) is 0.215. The van der Waals surface area contributed by atoms with Crippen molar-refractivity contribution in [3.63, 3.8) is 0 Å². The summed E-state index contributed by atoms with van der Waals surface area (Å²) in [5, 5.41) is 8.78. The maximum absolute atomic E-state index is 5.81. The summed E-state index contributed by atoms with van der Waals surface area (Å²) in [4.78, 5) is 11.2. The van der Waals surface area contributed by atoms with Crippen molar-refractivity contribution in [1.29, 1.82) is 0 Å². The van der Waals surface area contributed by atoms with Crippen LogP contribution >= 0.6 is 0 Å². The van der Waals surface area contributed by atoms with Crippen LogP contribution in [0.2, 0.25) is 0 Å².